The third-order valence-corrected chi connectivity index (χ3v) is 7.63. The highest BCUT2D eigenvalue weighted by molar-refractivity contribution is 7.89. The van der Waals surface area contributed by atoms with Crippen molar-refractivity contribution >= 4 is 21.6 Å². The second-order valence-electron chi connectivity index (χ2n) is 7.65. The lowest BCUT2D eigenvalue weighted by atomic mass is 10.2. The van der Waals surface area contributed by atoms with Crippen LogP contribution >= 0.6 is 0 Å². The van der Waals surface area contributed by atoms with Gasteiger partial charge in [-0.05, 0) is 30.2 Å². The van der Waals surface area contributed by atoms with Crippen molar-refractivity contribution in [2.75, 3.05) is 44.7 Å². The number of rotatable bonds is 6. The van der Waals surface area contributed by atoms with E-state index in [0.29, 0.717) is 50.6 Å². The number of anilines is 1. The molecule has 2 aromatic rings. The number of methoxy groups -OCH3 is 1. The summed E-state index contributed by atoms with van der Waals surface area (Å²) in [7, 11) is -2.11. The molecule has 0 N–H and O–H groups in total. The first-order valence-corrected chi connectivity index (χ1v) is 11.7. The molecule has 0 spiro atoms. The minimum Gasteiger partial charge on any atom is -0.495 e. The molecule has 2 aliphatic heterocycles. The summed E-state index contributed by atoms with van der Waals surface area (Å²) in [5, 5.41) is 0. The van der Waals surface area contributed by atoms with E-state index in [4.69, 9.17) is 4.74 Å². The van der Waals surface area contributed by atoms with Gasteiger partial charge in [0.15, 0.2) is 0 Å². The molecule has 0 bridgehead atoms. The second-order valence-corrected chi connectivity index (χ2v) is 9.59. The molecule has 0 unspecified atom stereocenters. The Hall–Kier alpha value is -2.42. The van der Waals surface area contributed by atoms with Crippen molar-refractivity contribution in [2.24, 2.45) is 0 Å². The highest BCUT2D eigenvalue weighted by Crippen LogP contribution is 2.34. The summed E-state index contributed by atoms with van der Waals surface area (Å²) in [4.78, 5) is 16.3. The zero-order valence-electron chi connectivity index (χ0n) is 17.2. The summed E-state index contributed by atoms with van der Waals surface area (Å²) in [5.41, 5.74) is 1.76. The fourth-order valence-electron chi connectivity index (χ4n) is 4.06. The van der Waals surface area contributed by atoms with Crippen molar-refractivity contribution in [3.8, 4) is 5.75 Å². The fourth-order valence-corrected chi connectivity index (χ4v) is 5.51. The number of ether oxygens (including phenoxy) is 1. The molecule has 7 nitrogen and oxygen atoms in total. The number of benzene rings is 2. The Morgan fingerprint density at radius 1 is 0.967 bits per heavy atom. The summed E-state index contributed by atoms with van der Waals surface area (Å²) in [5.74, 6) is 0.509. The van der Waals surface area contributed by atoms with Gasteiger partial charge in [0.2, 0.25) is 15.9 Å². The Morgan fingerprint density at radius 3 is 2.33 bits per heavy atom. The summed E-state index contributed by atoms with van der Waals surface area (Å²) in [6, 6.07) is 15.0. The Balaban J connectivity index is 1.49. The Morgan fingerprint density at radius 2 is 1.70 bits per heavy atom. The minimum atomic E-state index is -3.64. The third-order valence-electron chi connectivity index (χ3n) is 5.73. The molecule has 2 aliphatic rings. The van der Waals surface area contributed by atoms with Crippen molar-refractivity contribution in [1.29, 1.82) is 0 Å². The normalized spacial score (nSPS) is 18.7. The molecule has 0 aliphatic carbocycles. The lowest BCUT2D eigenvalue weighted by Gasteiger charge is -2.34. The van der Waals surface area contributed by atoms with E-state index in [1.165, 1.54) is 17.0 Å². The topological polar surface area (TPSA) is 70.2 Å². The summed E-state index contributed by atoms with van der Waals surface area (Å²) >= 11 is 0. The van der Waals surface area contributed by atoms with Gasteiger partial charge in [0.05, 0.1) is 17.7 Å². The lowest BCUT2D eigenvalue weighted by molar-refractivity contribution is -0.117. The van der Waals surface area contributed by atoms with Crippen LogP contribution in [0.4, 0.5) is 5.69 Å². The molecule has 0 radical (unpaired) electrons. The number of hydrogen-bond acceptors (Lipinski definition) is 5. The zero-order valence-corrected chi connectivity index (χ0v) is 18.0. The number of nitrogens with zero attached hydrogens (tertiary/aromatic N) is 3. The van der Waals surface area contributed by atoms with Gasteiger partial charge in [-0.3, -0.25) is 9.69 Å². The van der Waals surface area contributed by atoms with Crippen molar-refractivity contribution in [3.05, 3.63) is 54.1 Å². The molecule has 2 aromatic carbocycles. The van der Waals surface area contributed by atoms with Crippen molar-refractivity contribution < 1.29 is 17.9 Å². The number of sulfonamides is 1. The Kier molecular flexibility index (Phi) is 6.08. The number of hydrogen-bond donors (Lipinski definition) is 0. The van der Waals surface area contributed by atoms with Gasteiger partial charge in [-0.25, -0.2) is 8.42 Å². The van der Waals surface area contributed by atoms with Gasteiger partial charge in [-0.2, -0.15) is 4.31 Å². The monoisotopic (exact) mass is 429 g/mol. The molecule has 1 amide bonds. The van der Waals surface area contributed by atoms with Crippen LogP contribution in [0.3, 0.4) is 0 Å². The molecule has 8 heteroatoms. The maximum absolute atomic E-state index is 13.3. The van der Waals surface area contributed by atoms with Gasteiger partial charge in [0, 0.05) is 45.7 Å². The van der Waals surface area contributed by atoms with Crippen LogP contribution in [0.15, 0.2) is 53.4 Å². The first-order valence-electron chi connectivity index (χ1n) is 10.2. The Labute approximate surface area is 177 Å². The standard InChI is InChI=1S/C22H27N3O4S/c1-29-21-10-9-19(16-20(21)25-11-5-8-22(25)26)30(27,28)24-14-12-23(13-15-24)17-18-6-3-2-4-7-18/h2-4,6-7,9-10,16H,5,8,11-15,17H2,1H3. The predicted octanol–water partition coefficient (Wildman–Crippen LogP) is 2.33. The average molecular weight is 430 g/mol. The van der Waals surface area contributed by atoms with Crippen molar-refractivity contribution in [2.45, 2.75) is 24.3 Å². The SMILES string of the molecule is COc1ccc(S(=O)(=O)N2CCN(Cc3ccccc3)CC2)cc1N1CCCC1=O. The lowest BCUT2D eigenvalue weighted by Crippen LogP contribution is -2.48. The third kappa shape index (κ3) is 4.21. The molecule has 160 valence electrons. The molecular weight excluding hydrogens is 402 g/mol. The van der Waals surface area contributed by atoms with Gasteiger partial charge >= 0.3 is 0 Å². The van der Waals surface area contributed by atoms with Gasteiger partial charge in [-0.1, -0.05) is 30.3 Å². The maximum atomic E-state index is 13.3. The minimum absolute atomic E-state index is 0.00243. The fraction of sp³-hybridized carbons (Fsp3) is 0.409. The largest absolute Gasteiger partial charge is 0.495 e. The molecule has 0 aromatic heterocycles. The Bertz CT molecular complexity index is 1000. The number of piperazine rings is 1. The van der Waals surface area contributed by atoms with Crippen LogP contribution < -0.4 is 9.64 Å². The molecule has 2 saturated heterocycles. The van der Waals surface area contributed by atoms with E-state index in [1.807, 2.05) is 18.2 Å². The summed E-state index contributed by atoms with van der Waals surface area (Å²) in [6.07, 6.45) is 1.24. The van der Waals surface area contributed by atoms with E-state index in [9.17, 15) is 13.2 Å². The molecule has 2 fully saturated rings. The molecule has 0 atom stereocenters. The molecule has 2 heterocycles. The molecule has 30 heavy (non-hydrogen) atoms. The van der Waals surface area contributed by atoms with E-state index in [1.54, 1.807) is 23.1 Å². The van der Waals surface area contributed by atoms with Crippen LogP contribution in [0.25, 0.3) is 0 Å². The highest BCUT2D eigenvalue weighted by atomic mass is 32.2. The van der Waals surface area contributed by atoms with Crippen LogP contribution in [0.5, 0.6) is 5.75 Å². The van der Waals surface area contributed by atoms with Crippen molar-refractivity contribution in [1.82, 2.24) is 9.21 Å². The van der Waals surface area contributed by atoms with Gasteiger partial charge in [0.1, 0.15) is 5.75 Å². The van der Waals surface area contributed by atoms with Crippen LogP contribution in [0.2, 0.25) is 0 Å². The van der Waals surface area contributed by atoms with Crippen LogP contribution in [0, 0.1) is 0 Å². The predicted molar refractivity (Wildman–Crippen MR) is 115 cm³/mol. The van der Waals surface area contributed by atoms with E-state index in [-0.39, 0.29) is 10.8 Å². The van der Waals surface area contributed by atoms with Gasteiger partial charge in [0.25, 0.3) is 0 Å². The van der Waals surface area contributed by atoms with Crippen LogP contribution in [-0.4, -0.2) is 63.4 Å². The highest BCUT2D eigenvalue weighted by Gasteiger charge is 2.31. The van der Waals surface area contributed by atoms with Crippen LogP contribution in [-0.2, 0) is 21.4 Å². The number of amides is 1. The van der Waals surface area contributed by atoms with Crippen molar-refractivity contribution in [3.63, 3.8) is 0 Å². The number of carbonyl (C=O) groups excluding carboxylic acids is 1. The summed E-state index contributed by atoms with van der Waals surface area (Å²) < 4.78 is 33.4. The first-order chi connectivity index (χ1) is 14.5. The quantitative estimate of drug-likeness (QED) is 0.705. The molecule has 0 saturated carbocycles. The zero-order chi connectivity index (χ0) is 21.1. The maximum Gasteiger partial charge on any atom is 0.243 e. The van der Waals surface area contributed by atoms with E-state index in [0.717, 1.165) is 13.0 Å². The smallest absolute Gasteiger partial charge is 0.243 e. The van der Waals surface area contributed by atoms with Crippen LogP contribution in [0.1, 0.15) is 18.4 Å². The molecular formula is C22H27N3O4S. The average Bonchev–Trinajstić information content (AvgIpc) is 3.20. The van der Waals surface area contributed by atoms with Gasteiger partial charge < -0.3 is 9.64 Å². The van der Waals surface area contributed by atoms with E-state index in [2.05, 4.69) is 17.0 Å². The first kappa shape index (κ1) is 20.8. The van der Waals surface area contributed by atoms with E-state index < -0.39 is 10.0 Å². The molecule has 4 rings (SSSR count). The van der Waals surface area contributed by atoms with E-state index >= 15 is 0 Å². The van der Waals surface area contributed by atoms with Gasteiger partial charge in [-0.15, -0.1) is 0 Å². The second kappa shape index (κ2) is 8.75. The number of carbonyl (C=O) groups is 1. The summed E-state index contributed by atoms with van der Waals surface area (Å²) in [6.45, 7) is 3.65.